The van der Waals surface area contributed by atoms with E-state index in [-0.39, 0.29) is 36.3 Å². The summed E-state index contributed by atoms with van der Waals surface area (Å²) >= 11 is 0. The molecule has 2 aromatic rings. The van der Waals surface area contributed by atoms with Gasteiger partial charge in [0.15, 0.2) is 0 Å². The number of carboxylic acid groups (broad SMARTS) is 1. The number of carbonyl (C=O) groups excluding carboxylic acids is 2. The predicted octanol–water partition coefficient (Wildman–Crippen LogP) is 4.31. The Hall–Kier alpha value is -3.35. The Balaban J connectivity index is 1.32. The Morgan fingerprint density at radius 3 is 2.21 bits per heavy atom. The first-order chi connectivity index (χ1) is 16.3. The molecule has 0 spiro atoms. The van der Waals surface area contributed by atoms with Crippen LogP contribution in [0.4, 0.5) is 4.79 Å². The van der Waals surface area contributed by atoms with Crippen molar-refractivity contribution in [3.8, 4) is 11.1 Å². The van der Waals surface area contributed by atoms with E-state index in [4.69, 9.17) is 4.74 Å². The highest BCUT2D eigenvalue weighted by Gasteiger charge is 2.33. The number of nitrogens with one attached hydrogen (secondary N) is 2. The number of ether oxygens (including phenoxy) is 1. The Morgan fingerprint density at radius 2 is 1.62 bits per heavy atom. The lowest BCUT2D eigenvalue weighted by Crippen LogP contribution is -2.49. The minimum atomic E-state index is -1.03. The lowest BCUT2D eigenvalue weighted by molar-refractivity contribution is -0.144. The zero-order valence-electron chi connectivity index (χ0n) is 19.6. The monoisotopic (exact) mass is 464 g/mol. The maximum absolute atomic E-state index is 12.7. The van der Waals surface area contributed by atoms with Gasteiger partial charge in [-0.1, -0.05) is 68.8 Å². The van der Waals surface area contributed by atoms with Crippen LogP contribution in [0, 0.1) is 11.8 Å². The van der Waals surface area contributed by atoms with Crippen LogP contribution in [0.2, 0.25) is 0 Å². The Bertz CT molecular complexity index is 1020. The number of fused-ring (bicyclic) bond motifs is 3. The molecule has 1 saturated carbocycles. The number of aliphatic carboxylic acids is 1. The van der Waals surface area contributed by atoms with Crippen LogP contribution in [0.15, 0.2) is 48.5 Å². The molecule has 2 amide bonds. The van der Waals surface area contributed by atoms with Crippen molar-refractivity contribution in [3.05, 3.63) is 59.7 Å². The topological polar surface area (TPSA) is 105 Å². The molecule has 0 aliphatic heterocycles. The van der Waals surface area contributed by atoms with E-state index in [1.165, 1.54) is 11.1 Å². The van der Waals surface area contributed by atoms with Crippen LogP contribution in [0.25, 0.3) is 11.1 Å². The molecule has 2 aliphatic rings. The van der Waals surface area contributed by atoms with Crippen molar-refractivity contribution in [1.29, 1.82) is 0 Å². The Kier molecular flexibility index (Phi) is 7.20. The number of carbonyl (C=O) groups is 3. The molecule has 3 atom stereocenters. The SMILES string of the molecule is CC(C)[C@@H](NC(=O)[C@@H]1CCC[C@@H](NC(=O)OCC2c3ccccc3-c3ccccc32)C1)C(=O)O. The quantitative estimate of drug-likeness (QED) is 0.566. The van der Waals surface area contributed by atoms with Crippen LogP contribution in [-0.4, -0.2) is 41.8 Å². The van der Waals surface area contributed by atoms with Gasteiger partial charge in [0.1, 0.15) is 12.6 Å². The molecule has 34 heavy (non-hydrogen) atoms. The van der Waals surface area contributed by atoms with Crippen LogP contribution in [0.3, 0.4) is 0 Å². The van der Waals surface area contributed by atoms with E-state index in [1.807, 2.05) is 24.3 Å². The van der Waals surface area contributed by atoms with E-state index >= 15 is 0 Å². The summed E-state index contributed by atoms with van der Waals surface area (Å²) in [6.07, 6.45) is 2.21. The molecule has 2 aliphatic carbocycles. The third-order valence-electron chi connectivity index (χ3n) is 6.94. The molecule has 7 nitrogen and oxygen atoms in total. The smallest absolute Gasteiger partial charge is 0.407 e. The molecule has 0 saturated heterocycles. The van der Waals surface area contributed by atoms with Crippen molar-refractivity contribution in [3.63, 3.8) is 0 Å². The molecule has 0 radical (unpaired) electrons. The molecule has 3 N–H and O–H groups in total. The third kappa shape index (κ3) is 5.08. The van der Waals surface area contributed by atoms with Gasteiger partial charge in [-0.25, -0.2) is 9.59 Å². The molecular formula is C27H32N2O5. The van der Waals surface area contributed by atoms with Gasteiger partial charge < -0.3 is 20.5 Å². The summed E-state index contributed by atoms with van der Waals surface area (Å²) in [5, 5.41) is 14.9. The molecule has 0 bridgehead atoms. The third-order valence-corrected chi connectivity index (χ3v) is 6.94. The molecule has 7 heteroatoms. The van der Waals surface area contributed by atoms with E-state index in [1.54, 1.807) is 13.8 Å². The van der Waals surface area contributed by atoms with Crippen molar-refractivity contribution in [1.82, 2.24) is 10.6 Å². The second-order valence-electron chi connectivity index (χ2n) is 9.60. The summed E-state index contributed by atoms with van der Waals surface area (Å²) in [6.45, 7) is 3.77. The van der Waals surface area contributed by atoms with E-state index in [9.17, 15) is 19.5 Å². The highest BCUT2D eigenvalue weighted by molar-refractivity contribution is 5.85. The maximum Gasteiger partial charge on any atom is 0.407 e. The Morgan fingerprint density at radius 1 is 1.00 bits per heavy atom. The molecular weight excluding hydrogens is 432 g/mol. The molecule has 0 aromatic heterocycles. The van der Waals surface area contributed by atoms with Gasteiger partial charge in [-0.05, 0) is 47.4 Å². The van der Waals surface area contributed by atoms with Crippen LogP contribution < -0.4 is 10.6 Å². The number of hydrogen-bond acceptors (Lipinski definition) is 4. The van der Waals surface area contributed by atoms with Gasteiger partial charge in [-0.3, -0.25) is 4.79 Å². The van der Waals surface area contributed by atoms with Crippen LogP contribution in [0.1, 0.15) is 56.6 Å². The van der Waals surface area contributed by atoms with E-state index in [0.717, 1.165) is 24.0 Å². The highest BCUT2D eigenvalue weighted by atomic mass is 16.5. The van der Waals surface area contributed by atoms with Crippen LogP contribution >= 0.6 is 0 Å². The molecule has 0 heterocycles. The summed E-state index contributed by atoms with van der Waals surface area (Å²) in [4.78, 5) is 36.7. The zero-order valence-corrected chi connectivity index (χ0v) is 19.6. The van der Waals surface area contributed by atoms with E-state index < -0.39 is 18.1 Å². The molecule has 180 valence electrons. The second kappa shape index (κ2) is 10.3. The molecule has 2 aromatic carbocycles. The minimum Gasteiger partial charge on any atom is -0.480 e. The van der Waals surface area contributed by atoms with Gasteiger partial charge in [0, 0.05) is 17.9 Å². The summed E-state index contributed by atoms with van der Waals surface area (Å²) in [7, 11) is 0. The normalized spacial score (nSPS) is 20.2. The first-order valence-electron chi connectivity index (χ1n) is 12.0. The van der Waals surface area contributed by atoms with Crippen molar-refractivity contribution in [2.45, 2.75) is 57.5 Å². The number of hydrogen-bond donors (Lipinski definition) is 3. The van der Waals surface area contributed by atoms with Crippen molar-refractivity contribution >= 4 is 18.0 Å². The fourth-order valence-corrected chi connectivity index (χ4v) is 5.15. The van der Waals surface area contributed by atoms with Crippen molar-refractivity contribution in [2.75, 3.05) is 6.61 Å². The summed E-state index contributed by atoms with van der Waals surface area (Å²) in [5.41, 5.74) is 4.66. The van der Waals surface area contributed by atoms with E-state index in [2.05, 4.69) is 34.9 Å². The van der Waals surface area contributed by atoms with E-state index in [0.29, 0.717) is 12.8 Å². The lowest BCUT2D eigenvalue weighted by atomic mass is 9.85. The fourth-order valence-electron chi connectivity index (χ4n) is 5.15. The van der Waals surface area contributed by atoms with Crippen LogP contribution in [0.5, 0.6) is 0 Å². The highest BCUT2D eigenvalue weighted by Crippen LogP contribution is 2.44. The zero-order chi connectivity index (χ0) is 24.2. The summed E-state index contributed by atoms with van der Waals surface area (Å²) in [5.74, 6) is -1.84. The second-order valence-corrected chi connectivity index (χ2v) is 9.60. The number of carboxylic acids is 1. The summed E-state index contributed by atoms with van der Waals surface area (Å²) < 4.78 is 5.64. The first-order valence-corrected chi connectivity index (χ1v) is 12.0. The van der Waals surface area contributed by atoms with Crippen molar-refractivity contribution < 1.29 is 24.2 Å². The average Bonchev–Trinajstić information content (AvgIpc) is 3.14. The maximum atomic E-state index is 12.7. The predicted molar refractivity (Wildman–Crippen MR) is 128 cm³/mol. The summed E-state index contributed by atoms with van der Waals surface area (Å²) in [6, 6.07) is 15.3. The van der Waals surface area contributed by atoms with Crippen molar-refractivity contribution in [2.24, 2.45) is 11.8 Å². The van der Waals surface area contributed by atoms with Crippen LogP contribution in [-0.2, 0) is 14.3 Å². The Labute approximate surface area is 199 Å². The minimum absolute atomic E-state index is 0.00739. The standard InChI is InChI=1S/C27H32N2O5/c1-16(2)24(26(31)32)29-25(30)17-8-7-9-18(14-17)28-27(33)34-15-23-21-12-5-3-10-19(21)20-11-4-6-13-22(20)23/h3-6,10-13,16-18,23-24H,7-9,14-15H2,1-2H3,(H,28,33)(H,29,30)(H,31,32)/t17-,18-,24-/m1/s1. The van der Waals surface area contributed by atoms with Gasteiger partial charge in [0.25, 0.3) is 0 Å². The van der Waals surface area contributed by atoms with Gasteiger partial charge in [0.2, 0.25) is 5.91 Å². The van der Waals surface area contributed by atoms with Gasteiger partial charge >= 0.3 is 12.1 Å². The average molecular weight is 465 g/mol. The largest absolute Gasteiger partial charge is 0.480 e. The lowest BCUT2D eigenvalue weighted by Gasteiger charge is -2.30. The van der Waals surface area contributed by atoms with Gasteiger partial charge in [-0.2, -0.15) is 0 Å². The number of alkyl carbamates (subject to hydrolysis) is 1. The first kappa shape index (κ1) is 23.8. The van der Waals surface area contributed by atoms with Gasteiger partial charge in [0.05, 0.1) is 0 Å². The number of benzene rings is 2. The van der Waals surface area contributed by atoms with Gasteiger partial charge in [-0.15, -0.1) is 0 Å². The number of rotatable bonds is 7. The molecule has 1 fully saturated rings. The number of amides is 2. The molecule has 0 unspecified atom stereocenters. The molecule has 4 rings (SSSR count). The fraction of sp³-hybridized carbons (Fsp3) is 0.444.